The summed E-state index contributed by atoms with van der Waals surface area (Å²) >= 11 is -0.767. The lowest BCUT2D eigenvalue weighted by Gasteiger charge is -2.01. The second-order valence-electron chi connectivity index (χ2n) is 2.52. The van der Waals surface area contributed by atoms with Crippen molar-refractivity contribution in [2.24, 2.45) is 5.16 Å². The van der Waals surface area contributed by atoms with Gasteiger partial charge in [-0.05, 0) is 0 Å². The summed E-state index contributed by atoms with van der Waals surface area (Å²) in [5, 5.41) is 11.8. The highest BCUT2D eigenvalue weighted by Gasteiger charge is 2.31. The molecule has 0 heterocycles. The van der Waals surface area contributed by atoms with Crippen molar-refractivity contribution in [2.45, 2.75) is 5.51 Å². The van der Waals surface area contributed by atoms with Crippen LogP contribution < -0.4 is 0 Å². The Morgan fingerprint density at radius 3 is 2.44 bits per heavy atom. The molecule has 0 aliphatic rings. The molecule has 0 amide bonds. The summed E-state index contributed by atoms with van der Waals surface area (Å²) in [5.41, 5.74) is -4.36. The third-order valence-corrected chi connectivity index (χ3v) is 1.75. The first-order chi connectivity index (χ1) is 7.53. The number of hydrogen-bond acceptors (Lipinski definition) is 4. The van der Waals surface area contributed by atoms with Gasteiger partial charge < -0.3 is 4.28 Å². The summed E-state index contributed by atoms with van der Waals surface area (Å²) in [6, 6.07) is 9.73. The van der Waals surface area contributed by atoms with Gasteiger partial charge in [-0.3, -0.25) is 0 Å². The van der Waals surface area contributed by atoms with E-state index in [4.69, 9.17) is 5.26 Å². The fourth-order valence-corrected chi connectivity index (χ4v) is 1.03. The van der Waals surface area contributed by atoms with Crippen LogP contribution in [0, 0.1) is 11.3 Å². The molecule has 0 N–H and O–H groups in total. The Kier molecular flexibility index (Phi) is 4.19. The highest BCUT2D eigenvalue weighted by Crippen LogP contribution is 2.31. The molecule has 0 atom stereocenters. The average Bonchev–Trinajstić information content (AvgIpc) is 2.24. The van der Waals surface area contributed by atoms with E-state index in [1.807, 2.05) is 0 Å². The molecular formula is C9H5F3N2OS. The summed E-state index contributed by atoms with van der Waals surface area (Å²) in [5.74, 6) is 0. The van der Waals surface area contributed by atoms with E-state index < -0.39 is 17.6 Å². The molecule has 3 nitrogen and oxygen atoms in total. The van der Waals surface area contributed by atoms with Crippen LogP contribution >= 0.6 is 12.0 Å². The molecular weight excluding hydrogens is 241 g/mol. The van der Waals surface area contributed by atoms with Gasteiger partial charge in [-0.25, -0.2) is 0 Å². The summed E-state index contributed by atoms with van der Waals surface area (Å²) in [6.45, 7) is 0. The summed E-state index contributed by atoms with van der Waals surface area (Å²) < 4.78 is 39.1. The van der Waals surface area contributed by atoms with Gasteiger partial charge in [0.2, 0.25) is 12.0 Å². The van der Waals surface area contributed by atoms with Crippen LogP contribution in [0.3, 0.4) is 0 Å². The van der Waals surface area contributed by atoms with E-state index in [0.29, 0.717) is 5.56 Å². The van der Waals surface area contributed by atoms with Crippen LogP contribution in [0.4, 0.5) is 13.2 Å². The summed E-state index contributed by atoms with van der Waals surface area (Å²) in [7, 11) is 0. The van der Waals surface area contributed by atoms with Gasteiger partial charge in [0.25, 0.3) is 0 Å². The lowest BCUT2D eigenvalue weighted by atomic mass is 10.1. The standard InChI is InChI=1S/C9H5F3N2OS/c10-9(11,12)16-15-14-8(6-13)7-4-2-1-3-5-7/h1-5H. The highest BCUT2D eigenvalue weighted by atomic mass is 32.2. The number of oxime groups is 1. The lowest BCUT2D eigenvalue weighted by Crippen LogP contribution is -2.01. The largest absolute Gasteiger partial charge is 0.482 e. The molecule has 0 radical (unpaired) electrons. The van der Waals surface area contributed by atoms with E-state index >= 15 is 0 Å². The smallest absolute Gasteiger partial charge is 0.312 e. The van der Waals surface area contributed by atoms with E-state index in [0.717, 1.165) is 0 Å². The maximum atomic E-state index is 11.7. The van der Waals surface area contributed by atoms with Gasteiger partial charge in [0, 0.05) is 5.56 Å². The Balaban J connectivity index is 2.70. The molecule has 0 saturated heterocycles. The van der Waals surface area contributed by atoms with Crippen molar-refractivity contribution in [3.63, 3.8) is 0 Å². The fraction of sp³-hybridized carbons (Fsp3) is 0.111. The van der Waals surface area contributed by atoms with Crippen LogP contribution in [0.25, 0.3) is 0 Å². The average molecular weight is 246 g/mol. The number of nitrogens with zero attached hydrogens (tertiary/aromatic N) is 2. The van der Waals surface area contributed by atoms with E-state index in [-0.39, 0.29) is 5.71 Å². The third-order valence-electron chi connectivity index (χ3n) is 1.41. The van der Waals surface area contributed by atoms with Gasteiger partial charge in [0.1, 0.15) is 6.07 Å². The first-order valence-electron chi connectivity index (χ1n) is 3.98. The topological polar surface area (TPSA) is 45.4 Å². The number of benzene rings is 1. The molecule has 1 aromatic rings. The molecule has 7 heteroatoms. The molecule has 1 rings (SSSR count). The zero-order valence-electron chi connectivity index (χ0n) is 7.73. The van der Waals surface area contributed by atoms with Crippen LogP contribution in [0.2, 0.25) is 0 Å². The van der Waals surface area contributed by atoms with E-state index in [2.05, 4.69) is 9.44 Å². The van der Waals surface area contributed by atoms with Crippen LogP contribution in [-0.4, -0.2) is 11.2 Å². The zero-order chi connectivity index (χ0) is 12.0. The number of alkyl halides is 3. The molecule has 0 unspecified atom stereocenters. The van der Waals surface area contributed by atoms with Gasteiger partial charge in [-0.2, -0.15) is 18.4 Å². The van der Waals surface area contributed by atoms with Crippen molar-refractivity contribution in [3.05, 3.63) is 35.9 Å². The molecule has 16 heavy (non-hydrogen) atoms. The fourth-order valence-electron chi connectivity index (χ4n) is 0.832. The molecule has 0 spiro atoms. The van der Waals surface area contributed by atoms with E-state index in [1.165, 1.54) is 0 Å². The predicted molar refractivity (Wildman–Crippen MR) is 53.3 cm³/mol. The van der Waals surface area contributed by atoms with Crippen LogP contribution in [0.1, 0.15) is 5.56 Å². The number of nitriles is 1. The lowest BCUT2D eigenvalue weighted by molar-refractivity contribution is -0.0395. The van der Waals surface area contributed by atoms with Gasteiger partial charge in [-0.1, -0.05) is 35.5 Å². The second-order valence-corrected chi connectivity index (χ2v) is 3.30. The highest BCUT2D eigenvalue weighted by molar-refractivity contribution is 7.95. The quantitative estimate of drug-likeness (QED) is 0.467. The minimum Gasteiger partial charge on any atom is -0.312 e. The maximum absolute atomic E-state index is 11.7. The Morgan fingerprint density at radius 1 is 1.31 bits per heavy atom. The molecule has 84 valence electrons. The van der Waals surface area contributed by atoms with Crippen molar-refractivity contribution < 1.29 is 17.5 Å². The number of hydrogen-bond donors (Lipinski definition) is 0. The Morgan fingerprint density at radius 2 is 1.94 bits per heavy atom. The predicted octanol–water partition coefficient (Wildman–Crippen LogP) is 3.10. The second kappa shape index (κ2) is 5.42. The van der Waals surface area contributed by atoms with Crippen molar-refractivity contribution in [2.75, 3.05) is 0 Å². The van der Waals surface area contributed by atoms with Crippen molar-refractivity contribution in [3.8, 4) is 6.07 Å². The third kappa shape index (κ3) is 4.23. The Labute approximate surface area is 93.7 Å². The zero-order valence-corrected chi connectivity index (χ0v) is 8.55. The minimum atomic E-state index is -4.54. The molecule has 0 aliphatic carbocycles. The number of rotatable bonds is 3. The Bertz CT molecular complexity index is 411. The van der Waals surface area contributed by atoms with Gasteiger partial charge in [0.05, 0.1) is 0 Å². The van der Waals surface area contributed by atoms with Gasteiger partial charge in [-0.15, -0.1) is 0 Å². The molecule has 1 aromatic carbocycles. The van der Waals surface area contributed by atoms with E-state index in [9.17, 15) is 13.2 Å². The number of halogens is 3. The molecule has 0 saturated carbocycles. The summed E-state index contributed by atoms with van der Waals surface area (Å²) in [6.07, 6.45) is 0. The Hall–Kier alpha value is -1.68. The minimum absolute atomic E-state index is 0.211. The molecule has 0 fully saturated rings. The van der Waals surface area contributed by atoms with Crippen LogP contribution in [0.15, 0.2) is 35.5 Å². The normalized spacial score (nSPS) is 12.0. The van der Waals surface area contributed by atoms with Crippen molar-refractivity contribution in [1.82, 2.24) is 0 Å². The molecule has 0 bridgehead atoms. The molecule has 0 aromatic heterocycles. The maximum Gasteiger partial charge on any atom is 0.482 e. The first-order valence-corrected chi connectivity index (χ1v) is 4.72. The van der Waals surface area contributed by atoms with E-state index in [1.54, 1.807) is 36.4 Å². The monoisotopic (exact) mass is 246 g/mol. The van der Waals surface area contributed by atoms with Gasteiger partial charge >= 0.3 is 5.51 Å². The van der Waals surface area contributed by atoms with Crippen LogP contribution in [-0.2, 0) is 4.28 Å². The first kappa shape index (κ1) is 12.4. The van der Waals surface area contributed by atoms with Gasteiger partial charge in [0.15, 0.2) is 5.71 Å². The van der Waals surface area contributed by atoms with Crippen molar-refractivity contribution >= 4 is 17.8 Å². The SMILES string of the molecule is N#CC(=NOSC(F)(F)F)c1ccccc1. The van der Waals surface area contributed by atoms with Crippen molar-refractivity contribution in [1.29, 1.82) is 5.26 Å². The molecule has 0 aliphatic heterocycles. The summed E-state index contributed by atoms with van der Waals surface area (Å²) in [4.78, 5) is 0. The van der Waals surface area contributed by atoms with Crippen LogP contribution in [0.5, 0.6) is 0 Å².